The Morgan fingerprint density at radius 2 is 1.41 bits per heavy atom. The van der Waals surface area contributed by atoms with Gasteiger partial charge in [-0.1, -0.05) is 61.5 Å². The molecule has 3 aromatic rings. The van der Waals surface area contributed by atoms with Crippen molar-refractivity contribution in [2.24, 2.45) is 0 Å². The first-order chi connectivity index (χ1) is 13.8. The van der Waals surface area contributed by atoms with E-state index in [0.29, 0.717) is 12.5 Å². The zero-order valence-electron chi connectivity index (χ0n) is 16.4. The first-order valence-electron chi connectivity index (χ1n) is 9.49. The zero-order chi connectivity index (χ0) is 21.1. The lowest BCUT2D eigenvalue weighted by atomic mass is 9.77. The number of hydrogen-bond acceptors (Lipinski definition) is 1. The van der Waals surface area contributed by atoms with E-state index >= 15 is 0 Å². The number of aryl methyl sites for hydroxylation is 1. The van der Waals surface area contributed by atoms with Crippen molar-refractivity contribution in [2.75, 3.05) is 7.05 Å². The van der Waals surface area contributed by atoms with Crippen LogP contribution >= 0.6 is 0 Å². The summed E-state index contributed by atoms with van der Waals surface area (Å²) in [5.41, 5.74) is 1.01. The number of hydrogen-bond donors (Lipinski definition) is 1. The summed E-state index contributed by atoms with van der Waals surface area (Å²) in [6.07, 6.45) is -3.47. The summed E-state index contributed by atoms with van der Waals surface area (Å²) in [6.45, 7) is 2.02. The molecule has 1 atom stereocenters. The van der Waals surface area contributed by atoms with Gasteiger partial charge in [0.2, 0.25) is 0 Å². The van der Waals surface area contributed by atoms with Crippen LogP contribution in [0.25, 0.3) is 0 Å². The summed E-state index contributed by atoms with van der Waals surface area (Å²) >= 11 is 0. The minimum atomic E-state index is -4.63. The quantitative estimate of drug-likeness (QED) is 0.491. The highest BCUT2D eigenvalue weighted by atomic mass is 19.4. The van der Waals surface area contributed by atoms with E-state index < -0.39 is 23.1 Å². The SMILES string of the molecule is CCc1cccc(C(Cc2ccccc2)(NC)c2cc(F)cc(C(F)(F)F)c2)c1. The molecule has 0 spiro atoms. The summed E-state index contributed by atoms with van der Waals surface area (Å²) < 4.78 is 54.5. The van der Waals surface area contributed by atoms with E-state index in [4.69, 9.17) is 0 Å². The lowest BCUT2D eigenvalue weighted by Gasteiger charge is -2.36. The topological polar surface area (TPSA) is 12.0 Å². The monoisotopic (exact) mass is 401 g/mol. The summed E-state index contributed by atoms with van der Waals surface area (Å²) in [7, 11) is 1.69. The minimum absolute atomic E-state index is 0.240. The van der Waals surface area contributed by atoms with Crippen LogP contribution in [0.5, 0.6) is 0 Å². The van der Waals surface area contributed by atoms with Crippen LogP contribution in [-0.2, 0) is 24.6 Å². The van der Waals surface area contributed by atoms with Crippen LogP contribution < -0.4 is 5.32 Å². The van der Waals surface area contributed by atoms with E-state index in [9.17, 15) is 17.6 Å². The number of halogens is 4. The molecule has 0 amide bonds. The lowest BCUT2D eigenvalue weighted by molar-refractivity contribution is -0.137. The van der Waals surface area contributed by atoms with Crippen LogP contribution in [0.3, 0.4) is 0 Å². The van der Waals surface area contributed by atoms with Crippen LogP contribution in [0.1, 0.15) is 34.7 Å². The number of rotatable bonds is 6. The van der Waals surface area contributed by atoms with Gasteiger partial charge in [0.1, 0.15) is 5.82 Å². The number of benzene rings is 3. The Morgan fingerprint density at radius 1 is 0.759 bits per heavy atom. The summed E-state index contributed by atoms with van der Waals surface area (Å²) in [6, 6.07) is 19.9. The third-order valence-electron chi connectivity index (χ3n) is 5.28. The molecule has 0 radical (unpaired) electrons. The molecule has 0 aliphatic carbocycles. The van der Waals surface area contributed by atoms with Gasteiger partial charge in [-0.3, -0.25) is 0 Å². The molecule has 0 aliphatic rings. The number of alkyl halides is 3. The van der Waals surface area contributed by atoms with Gasteiger partial charge >= 0.3 is 6.18 Å². The molecule has 29 heavy (non-hydrogen) atoms. The third kappa shape index (κ3) is 4.51. The number of nitrogens with one attached hydrogen (secondary N) is 1. The Balaban J connectivity index is 2.26. The van der Waals surface area contributed by atoms with Crippen molar-refractivity contribution in [3.63, 3.8) is 0 Å². The maximum absolute atomic E-state index is 14.3. The molecular formula is C24H23F4N. The fraction of sp³-hybridized carbons (Fsp3) is 0.250. The second-order valence-corrected chi connectivity index (χ2v) is 7.10. The van der Waals surface area contributed by atoms with Gasteiger partial charge in [0.05, 0.1) is 11.1 Å². The normalized spacial score (nSPS) is 13.9. The molecule has 0 fully saturated rings. The molecule has 0 bridgehead atoms. The van der Waals surface area contributed by atoms with Crippen molar-refractivity contribution in [3.05, 3.63) is 106 Å². The molecule has 152 valence electrons. The standard InChI is InChI=1S/C24H23F4N/c1-3-17-10-7-11-19(12-17)23(29-2,16-18-8-5-4-6-9-18)20-13-21(24(26,27)28)15-22(25)14-20/h4-15,29H,3,16H2,1-2H3. The van der Waals surface area contributed by atoms with Gasteiger partial charge in [0.15, 0.2) is 0 Å². The maximum atomic E-state index is 14.3. The highest BCUT2D eigenvalue weighted by Gasteiger charge is 2.37. The van der Waals surface area contributed by atoms with Gasteiger partial charge in [-0.2, -0.15) is 13.2 Å². The van der Waals surface area contributed by atoms with Gasteiger partial charge in [0, 0.05) is 0 Å². The van der Waals surface area contributed by atoms with E-state index in [2.05, 4.69) is 5.32 Å². The van der Waals surface area contributed by atoms with Crippen molar-refractivity contribution in [1.29, 1.82) is 0 Å². The Kier molecular flexibility index (Phi) is 6.08. The smallest absolute Gasteiger partial charge is 0.307 e. The first kappa shape index (κ1) is 21.1. The van der Waals surface area contributed by atoms with Crippen LogP contribution in [0.15, 0.2) is 72.8 Å². The Hall–Kier alpha value is -2.66. The van der Waals surface area contributed by atoms with Gasteiger partial charge in [0.25, 0.3) is 0 Å². The summed E-state index contributed by atoms with van der Waals surface area (Å²) in [5, 5.41) is 3.22. The third-order valence-corrected chi connectivity index (χ3v) is 5.28. The van der Waals surface area contributed by atoms with E-state index in [0.717, 1.165) is 29.2 Å². The second kappa shape index (κ2) is 8.37. The van der Waals surface area contributed by atoms with E-state index in [-0.39, 0.29) is 5.56 Å². The largest absolute Gasteiger partial charge is 0.416 e. The van der Waals surface area contributed by atoms with Crippen LogP contribution in [0, 0.1) is 5.82 Å². The lowest BCUT2D eigenvalue weighted by Crippen LogP contribution is -2.43. The average molecular weight is 401 g/mol. The maximum Gasteiger partial charge on any atom is 0.416 e. The Morgan fingerprint density at radius 3 is 2.03 bits per heavy atom. The van der Waals surface area contributed by atoms with Crippen molar-refractivity contribution in [2.45, 2.75) is 31.5 Å². The average Bonchev–Trinajstić information content (AvgIpc) is 2.71. The van der Waals surface area contributed by atoms with Gasteiger partial charge in [-0.15, -0.1) is 0 Å². The summed E-state index contributed by atoms with van der Waals surface area (Å²) in [5.74, 6) is -0.908. The first-order valence-corrected chi connectivity index (χ1v) is 9.49. The zero-order valence-corrected chi connectivity index (χ0v) is 16.4. The molecule has 1 nitrogen and oxygen atoms in total. The molecule has 1 unspecified atom stereocenters. The fourth-order valence-electron chi connectivity index (χ4n) is 3.71. The van der Waals surface area contributed by atoms with E-state index in [1.54, 1.807) is 7.05 Å². The number of likely N-dealkylation sites (N-methyl/N-ethyl adjacent to an activating group) is 1. The molecule has 0 saturated heterocycles. The molecule has 0 aromatic heterocycles. The highest BCUT2D eigenvalue weighted by Crippen LogP contribution is 2.38. The van der Waals surface area contributed by atoms with Gasteiger partial charge < -0.3 is 5.32 Å². The molecule has 0 saturated carbocycles. The summed E-state index contributed by atoms with van der Waals surface area (Å²) in [4.78, 5) is 0. The Labute approximate surface area is 168 Å². The molecule has 3 rings (SSSR count). The van der Waals surface area contributed by atoms with Crippen LogP contribution in [0.4, 0.5) is 17.6 Å². The predicted octanol–water partition coefficient (Wildman–Crippen LogP) is 6.11. The van der Waals surface area contributed by atoms with Crippen molar-refractivity contribution in [3.8, 4) is 0 Å². The van der Waals surface area contributed by atoms with Crippen LogP contribution in [0.2, 0.25) is 0 Å². The van der Waals surface area contributed by atoms with Crippen molar-refractivity contribution >= 4 is 0 Å². The van der Waals surface area contributed by atoms with Crippen molar-refractivity contribution < 1.29 is 17.6 Å². The molecule has 0 aliphatic heterocycles. The molecule has 5 heteroatoms. The molecule has 3 aromatic carbocycles. The van der Waals surface area contributed by atoms with Crippen LogP contribution in [-0.4, -0.2) is 7.05 Å². The van der Waals surface area contributed by atoms with E-state index in [1.807, 2.05) is 61.5 Å². The minimum Gasteiger partial charge on any atom is -0.307 e. The highest BCUT2D eigenvalue weighted by molar-refractivity contribution is 5.44. The van der Waals surface area contributed by atoms with Crippen molar-refractivity contribution in [1.82, 2.24) is 5.32 Å². The molecule has 1 N–H and O–H groups in total. The predicted molar refractivity (Wildman–Crippen MR) is 107 cm³/mol. The van der Waals surface area contributed by atoms with Gasteiger partial charge in [-0.05, 0) is 60.3 Å². The Bertz CT molecular complexity index is 966. The second-order valence-electron chi connectivity index (χ2n) is 7.10. The molecule has 0 heterocycles. The van der Waals surface area contributed by atoms with Gasteiger partial charge in [-0.25, -0.2) is 4.39 Å². The molecular weight excluding hydrogens is 378 g/mol. The fourth-order valence-corrected chi connectivity index (χ4v) is 3.71. The van der Waals surface area contributed by atoms with E-state index in [1.165, 1.54) is 6.07 Å².